The van der Waals surface area contributed by atoms with Gasteiger partial charge in [-0.05, 0) is 37.9 Å². The van der Waals surface area contributed by atoms with Gasteiger partial charge in [0.15, 0.2) is 0 Å². The Hall–Kier alpha value is -0.120. The summed E-state index contributed by atoms with van der Waals surface area (Å²) in [6.45, 7) is 16.5. The highest BCUT2D eigenvalue weighted by atomic mass is 16.3. The largest absolute Gasteiger partial charge is 0.393 e. The summed E-state index contributed by atoms with van der Waals surface area (Å²) in [5, 5.41) is 10.1. The Morgan fingerprint density at radius 3 is 2.39 bits per heavy atom. The summed E-state index contributed by atoms with van der Waals surface area (Å²) in [7, 11) is 0. The Morgan fingerprint density at radius 1 is 1.28 bits per heavy atom. The van der Waals surface area contributed by atoms with E-state index in [1.807, 2.05) is 0 Å². The highest BCUT2D eigenvalue weighted by Gasteiger charge is 2.28. The molecule has 0 aromatic carbocycles. The average molecular weight is 256 g/mol. The maximum atomic E-state index is 10.1. The fourth-order valence-electron chi connectivity index (χ4n) is 2.79. The van der Waals surface area contributed by atoms with Crippen LogP contribution < -0.4 is 0 Å². The van der Waals surface area contributed by atoms with Gasteiger partial charge < -0.3 is 10.0 Å². The van der Waals surface area contributed by atoms with Gasteiger partial charge in [0.25, 0.3) is 0 Å². The van der Waals surface area contributed by atoms with Crippen molar-refractivity contribution in [3.8, 4) is 0 Å². The molecule has 1 N–H and O–H groups in total. The highest BCUT2D eigenvalue weighted by Crippen LogP contribution is 2.23. The molecular weight excluding hydrogens is 224 g/mol. The number of nitrogens with zero attached hydrogens (tertiary/aromatic N) is 2. The molecule has 0 aliphatic carbocycles. The average Bonchev–Trinajstić information content (AvgIpc) is 2.75. The number of likely N-dealkylation sites (tertiary alicyclic amines) is 1. The van der Waals surface area contributed by atoms with E-state index in [2.05, 4.69) is 44.4 Å². The molecule has 2 unspecified atom stereocenters. The van der Waals surface area contributed by atoms with Crippen molar-refractivity contribution in [3.63, 3.8) is 0 Å². The molecule has 1 rings (SSSR count). The van der Waals surface area contributed by atoms with Gasteiger partial charge in [-0.2, -0.15) is 0 Å². The minimum atomic E-state index is -0.190. The summed E-state index contributed by atoms with van der Waals surface area (Å²) in [5.74, 6) is 0. The van der Waals surface area contributed by atoms with Crippen molar-refractivity contribution in [2.75, 3.05) is 32.7 Å². The first-order valence-electron chi connectivity index (χ1n) is 7.53. The third-order valence-corrected chi connectivity index (χ3v) is 4.29. The molecule has 1 aliphatic rings. The Morgan fingerprint density at radius 2 is 1.89 bits per heavy atom. The Bertz CT molecular complexity index is 233. The zero-order chi connectivity index (χ0) is 13.8. The Balaban J connectivity index is 2.31. The number of likely N-dealkylation sites (N-methyl/N-ethyl adjacent to an activating group) is 1. The molecule has 1 saturated heterocycles. The molecule has 0 aromatic rings. The second-order valence-electron chi connectivity index (χ2n) is 6.63. The summed E-state index contributed by atoms with van der Waals surface area (Å²) in [4.78, 5) is 5.07. The van der Waals surface area contributed by atoms with E-state index in [1.54, 1.807) is 0 Å². The van der Waals surface area contributed by atoms with Crippen LogP contribution in [0, 0.1) is 5.41 Å². The first-order chi connectivity index (χ1) is 8.38. The monoisotopic (exact) mass is 256 g/mol. The summed E-state index contributed by atoms with van der Waals surface area (Å²) >= 11 is 0. The van der Waals surface area contributed by atoms with Gasteiger partial charge in [-0.25, -0.2) is 0 Å². The van der Waals surface area contributed by atoms with Crippen molar-refractivity contribution >= 4 is 0 Å². The zero-order valence-electron chi connectivity index (χ0n) is 12.9. The van der Waals surface area contributed by atoms with E-state index in [0.29, 0.717) is 0 Å². The van der Waals surface area contributed by atoms with Crippen molar-refractivity contribution in [3.05, 3.63) is 0 Å². The van der Waals surface area contributed by atoms with Crippen molar-refractivity contribution in [1.29, 1.82) is 0 Å². The van der Waals surface area contributed by atoms with Crippen LogP contribution in [0.1, 0.15) is 47.5 Å². The van der Waals surface area contributed by atoms with Crippen LogP contribution in [0.2, 0.25) is 0 Å². The first kappa shape index (κ1) is 15.9. The quantitative estimate of drug-likeness (QED) is 0.789. The number of aliphatic hydroxyl groups is 1. The molecular formula is C15H32N2O. The molecule has 108 valence electrons. The van der Waals surface area contributed by atoms with Crippen molar-refractivity contribution < 1.29 is 5.11 Å². The van der Waals surface area contributed by atoms with Crippen molar-refractivity contribution in [1.82, 2.24) is 9.80 Å². The normalized spacial score (nSPS) is 23.8. The maximum Gasteiger partial charge on any atom is 0.0600 e. The fraction of sp³-hybridized carbons (Fsp3) is 1.00. The minimum absolute atomic E-state index is 0.0119. The molecule has 18 heavy (non-hydrogen) atoms. The van der Waals surface area contributed by atoms with Crippen LogP contribution in [0.25, 0.3) is 0 Å². The molecule has 0 radical (unpaired) electrons. The molecule has 0 amide bonds. The van der Waals surface area contributed by atoms with Crippen LogP contribution in [0.4, 0.5) is 0 Å². The lowest BCUT2D eigenvalue weighted by Crippen LogP contribution is -2.38. The van der Waals surface area contributed by atoms with Gasteiger partial charge >= 0.3 is 0 Å². The van der Waals surface area contributed by atoms with Gasteiger partial charge in [0.05, 0.1) is 6.10 Å². The summed E-state index contributed by atoms with van der Waals surface area (Å²) in [6, 6.07) is 0.728. The summed E-state index contributed by atoms with van der Waals surface area (Å²) in [6.07, 6.45) is 1.99. The standard InChI is InChI=1S/C15H32N2O/c1-6-17(7-2)13-8-10-16(12-13)11-9-14(18)15(3,4)5/h13-14,18H,6-12H2,1-5H3. The van der Waals surface area contributed by atoms with E-state index in [9.17, 15) is 5.11 Å². The van der Waals surface area contributed by atoms with Crippen LogP contribution >= 0.6 is 0 Å². The summed E-state index contributed by atoms with van der Waals surface area (Å²) in [5.41, 5.74) is 0.0119. The number of hydrogen-bond acceptors (Lipinski definition) is 3. The summed E-state index contributed by atoms with van der Waals surface area (Å²) < 4.78 is 0. The van der Waals surface area contributed by atoms with Gasteiger partial charge in [-0.15, -0.1) is 0 Å². The predicted molar refractivity (Wildman–Crippen MR) is 77.8 cm³/mol. The van der Waals surface area contributed by atoms with E-state index in [1.165, 1.54) is 19.5 Å². The lowest BCUT2D eigenvalue weighted by Gasteiger charge is -2.29. The van der Waals surface area contributed by atoms with E-state index in [-0.39, 0.29) is 11.5 Å². The van der Waals surface area contributed by atoms with Gasteiger partial charge in [-0.3, -0.25) is 4.90 Å². The van der Waals surface area contributed by atoms with Gasteiger partial charge in [0, 0.05) is 19.1 Å². The lowest BCUT2D eigenvalue weighted by atomic mass is 9.87. The van der Waals surface area contributed by atoms with Gasteiger partial charge in [0.1, 0.15) is 0 Å². The Labute approximate surface area is 113 Å². The fourth-order valence-corrected chi connectivity index (χ4v) is 2.79. The minimum Gasteiger partial charge on any atom is -0.393 e. The number of rotatable bonds is 6. The third kappa shape index (κ3) is 4.52. The van der Waals surface area contributed by atoms with Gasteiger partial charge in [-0.1, -0.05) is 34.6 Å². The van der Waals surface area contributed by atoms with Crippen LogP contribution in [-0.4, -0.2) is 59.8 Å². The smallest absolute Gasteiger partial charge is 0.0600 e. The van der Waals surface area contributed by atoms with Crippen LogP contribution in [0.15, 0.2) is 0 Å². The van der Waals surface area contributed by atoms with E-state index >= 15 is 0 Å². The second kappa shape index (κ2) is 6.88. The second-order valence-corrected chi connectivity index (χ2v) is 6.63. The molecule has 0 aromatic heterocycles. The van der Waals surface area contributed by atoms with E-state index < -0.39 is 0 Å². The van der Waals surface area contributed by atoms with Crippen molar-refractivity contribution in [2.45, 2.75) is 59.6 Å². The molecule has 2 atom stereocenters. The predicted octanol–water partition coefficient (Wildman–Crippen LogP) is 2.20. The van der Waals surface area contributed by atoms with Crippen molar-refractivity contribution in [2.24, 2.45) is 5.41 Å². The number of aliphatic hydroxyl groups excluding tert-OH is 1. The SMILES string of the molecule is CCN(CC)C1CCN(CCC(O)C(C)(C)C)C1. The molecule has 0 saturated carbocycles. The molecule has 3 nitrogen and oxygen atoms in total. The van der Waals surface area contributed by atoms with Crippen LogP contribution in [0.5, 0.6) is 0 Å². The molecule has 1 fully saturated rings. The topological polar surface area (TPSA) is 26.7 Å². The molecule has 3 heteroatoms. The van der Waals surface area contributed by atoms with E-state index in [0.717, 1.165) is 32.1 Å². The maximum absolute atomic E-state index is 10.1. The first-order valence-corrected chi connectivity index (χ1v) is 7.53. The molecule has 1 aliphatic heterocycles. The van der Waals surface area contributed by atoms with E-state index in [4.69, 9.17) is 0 Å². The zero-order valence-corrected chi connectivity index (χ0v) is 12.9. The third-order valence-electron chi connectivity index (χ3n) is 4.29. The molecule has 0 spiro atoms. The molecule has 0 bridgehead atoms. The number of hydrogen-bond donors (Lipinski definition) is 1. The van der Waals surface area contributed by atoms with Crippen LogP contribution in [-0.2, 0) is 0 Å². The van der Waals surface area contributed by atoms with Gasteiger partial charge in [0.2, 0.25) is 0 Å². The lowest BCUT2D eigenvalue weighted by molar-refractivity contribution is 0.0470. The Kier molecular flexibility index (Phi) is 6.09. The molecule has 1 heterocycles. The van der Waals surface area contributed by atoms with Crippen LogP contribution in [0.3, 0.4) is 0 Å². The highest BCUT2D eigenvalue weighted by molar-refractivity contribution is 4.84.